The van der Waals surface area contributed by atoms with E-state index in [1.165, 1.54) is 17.5 Å². The molecule has 0 spiro atoms. The summed E-state index contributed by atoms with van der Waals surface area (Å²) in [5, 5.41) is 3.13. The molecule has 0 radical (unpaired) electrons. The van der Waals surface area contributed by atoms with Gasteiger partial charge in [-0.2, -0.15) is 0 Å². The summed E-state index contributed by atoms with van der Waals surface area (Å²) < 4.78 is 34.0. The van der Waals surface area contributed by atoms with Gasteiger partial charge in [-0.05, 0) is 35.9 Å². The number of ether oxygens (including phenoxy) is 1. The molecule has 0 aromatic heterocycles. The highest BCUT2D eigenvalue weighted by molar-refractivity contribution is 7.97. The zero-order valence-corrected chi connectivity index (χ0v) is 19.4. The summed E-state index contributed by atoms with van der Waals surface area (Å²) >= 11 is 6.29. The molecular weight excluding hydrogens is 460 g/mol. The van der Waals surface area contributed by atoms with Crippen molar-refractivity contribution in [2.45, 2.75) is 0 Å². The fourth-order valence-corrected chi connectivity index (χ4v) is 5.62. The molecule has 8 heteroatoms. The highest BCUT2D eigenvalue weighted by Crippen LogP contribution is 2.44. The number of carbonyl (C=O) groups is 1. The fourth-order valence-electron chi connectivity index (χ4n) is 3.74. The molecule has 33 heavy (non-hydrogen) atoms. The van der Waals surface area contributed by atoms with Gasteiger partial charge in [-0.1, -0.05) is 54.1 Å². The molecule has 6 nitrogen and oxygen atoms in total. The van der Waals surface area contributed by atoms with Crippen molar-refractivity contribution < 1.29 is 17.9 Å². The Balaban J connectivity index is 1.99. The van der Waals surface area contributed by atoms with Crippen molar-refractivity contribution in [1.82, 2.24) is 0 Å². The number of sulfonamides is 1. The lowest BCUT2D eigenvalue weighted by Crippen LogP contribution is -2.39. The average molecular weight is 481 g/mol. The van der Waals surface area contributed by atoms with Gasteiger partial charge in [-0.3, -0.25) is 9.10 Å². The zero-order valence-electron chi connectivity index (χ0n) is 17.8. The molecule has 0 bridgehead atoms. The molecule has 0 fully saturated rings. The number of hydrogen-bond acceptors (Lipinski definition) is 4. The number of amides is 1. The molecule has 1 heterocycles. The third-order valence-electron chi connectivity index (χ3n) is 5.16. The maximum absolute atomic E-state index is 13.8. The Morgan fingerprint density at radius 1 is 1.09 bits per heavy atom. The van der Waals surface area contributed by atoms with Gasteiger partial charge < -0.3 is 10.1 Å². The first-order valence-corrected chi connectivity index (χ1v) is 11.9. The summed E-state index contributed by atoms with van der Waals surface area (Å²) in [7, 11) is -2.72. The second-order valence-electron chi connectivity index (χ2n) is 7.24. The highest BCUT2D eigenvalue weighted by Gasteiger charge is 2.41. The maximum Gasteiger partial charge on any atom is 0.270 e. The highest BCUT2D eigenvalue weighted by atomic mass is 35.5. The number of carbonyl (C=O) groups excluding carboxylic acids is 1. The van der Waals surface area contributed by atoms with Crippen molar-refractivity contribution in [3.63, 3.8) is 0 Å². The average Bonchev–Trinajstić information content (AvgIpc) is 2.81. The fraction of sp³-hybridized carbons (Fsp3) is 0.0800. The predicted octanol–water partition coefficient (Wildman–Crippen LogP) is 5.08. The quantitative estimate of drug-likeness (QED) is 0.499. The van der Waals surface area contributed by atoms with Crippen molar-refractivity contribution in [2.24, 2.45) is 0 Å². The normalized spacial score (nSPS) is 14.4. The molecule has 3 aromatic rings. The number of benzene rings is 3. The summed E-state index contributed by atoms with van der Waals surface area (Å²) in [5.41, 5.74) is 2.24. The Morgan fingerprint density at radius 3 is 2.55 bits per heavy atom. The lowest BCUT2D eigenvalue weighted by Gasteiger charge is -2.33. The van der Waals surface area contributed by atoms with Crippen LogP contribution in [0.15, 0.2) is 90.4 Å². The third-order valence-corrected chi connectivity index (χ3v) is 7.23. The molecule has 0 saturated heterocycles. The van der Waals surface area contributed by atoms with E-state index in [9.17, 15) is 13.2 Å². The summed E-state index contributed by atoms with van der Waals surface area (Å²) in [6.07, 6.45) is 1.47. The van der Waals surface area contributed by atoms with Gasteiger partial charge in [0.05, 0.1) is 19.3 Å². The first-order valence-electron chi connectivity index (χ1n) is 10.1. The third kappa shape index (κ3) is 4.25. The van der Waals surface area contributed by atoms with E-state index in [0.29, 0.717) is 33.3 Å². The van der Waals surface area contributed by atoms with Crippen LogP contribution in [0.2, 0.25) is 5.02 Å². The minimum atomic E-state index is -4.23. The van der Waals surface area contributed by atoms with Crippen molar-refractivity contribution in [3.8, 4) is 5.75 Å². The van der Waals surface area contributed by atoms with Crippen LogP contribution in [0.4, 0.5) is 11.4 Å². The molecule has 4 rings (SSSR count). The van der Waals surface area contributed by atoms with E-state index in [1.54, 1.807) is 66.7 Å². The van der Waals surface area contributed by atoms with Crippen molar-refractivity contribution in [3.05, 3.63) is 107 Å². The molecule has 3 aromatic carbocycles. The SMILES string of the molecule is C=CCN1c2ccc(Cl)cc2C(c2ccccc2)=C(C(=O)Nc2cccc(OC)c2)S1(=O)=O. The number of fused-ring (bicyclic) bond motifs is 1. The lowest BCUT2D eigenvalue weighted by molar-refractivity contribution is -0.112. The van der Waals surface area contributed by atoms with Gasteiger partial charge in [0.15, 0.2) is 4.91 Å². The van der Waals surface area contributed by atoms with E-state index >= 15 is 0 Å². The van der Waals surface area contributed by atoms with Crippen LogP contribution < -0.4 is 14.4 Å². The van der Waals surface area contributed by atoms with Crippen LogP contribution >= 0.6 is 11.6 Å². The molecular formula is C25H21ClN2O4S. The van der Waals surface area contributed by atoms with E-state index in [-0.39, 0.29) is 17.0 Å². The molecule has 0 saturated carbocycles. The van der Waals surface area contributed by atoms with Gasteiger partial charge in [0.1, 0.15) is 5.75 Å². The van der Waals surface area contributed by atoms with Crippen LogP contribution in [-0.2, 0) is 14.8 Å². The van der Waals surface area contributed by atoms with E-state index in [4.69, 9.17) is 16.3 Å². The Hall–Kier alpha value is -3.55. The molecule has 1 amide bonds. The smallest absolute Gasteiger partial charge is 0.270 e. The molecule has 1 N–H and O–H groups in total. The minimum absolute atomic E-state index is 0.00498. The van der Waals surface area contributed by atoms with Gasteiger partial charge in [-0.15, -0.1) is 6.58 Å². The number of methoxy groups -OCH3 is 1. The Labute approximate surface area is 197 Å². The Morgan fingerprint density at radius 2 is 1.85 bits per heavy atom. The number of nitrogens with one attached hydrogen (secondary N) is 1. The summed E-state index contributed by atoms with van der Waals surface area (Å²) in [6.45, 7) is 3.68. The van der Waals surface area contributed by atoms with Crippen LogP contribution in [0.5, 0.6) is 5.75 Å². The van der Waals surface area contributed by atoms with Crippen molar-refractivity contribution in [2.75, 3.05) is 23.3 Å². The van der Waals surface area contributed by atoms with Gasteiger partial charge in [0.25, 0.3) is 15.9 Å². The summed E-state index contributed by atoms with van der Waals surface area (Å²) in [6, 6.07) is 20.5. The van der Waals surface area contributed by atoms with E-state index in [0.717, 1.165) is 0 Å². The molecule has 0 aliphatic carbocycles. The Kier molecular flexibility index (Phi) is 6.26. The summed E-state index contributed by atoms with van der Waals surface area (Å²) in [4.78, 5) is 13.2. The molecule has 168 valence electrons. The number of nitrogens with zero attached hydrogens (tertiary/aromatic N) is 1. The van der Waals surface area contributed by atoms with E-state index in [2.05, 4.69) is 11.9 Å². The molecule has 0 unspecified atom stereocenters. The number of hydrogen-bond donors (Lipinski definition) is 1. The Bertz CT molecular complexity index is 1370. The van der Waals surface area contributed by atoms with Crippen molar-refractivity contribution >= 4 is 44.5 Å². The largest absolute Gasteiger partial charge is 0.497 e. The molecule has 0 atom stereocenters. The lowest BCUT2D eigenvalue weighted by atomic mass is 9.95. The van der Waals surface area contributed by atoms with E-state index < -0.39 is 15.9 Å². The van der Waals surface area contributed by atoms with Gasteiger partial charge in [0.2, 0.25) is 0 Å². The monoisotopic (exact) mass is 480 g/mol. The number of rotatable bonds is 6. The van der Waals surface area contributed by atoms with Crippen LogP contribution in [-0.4, -0.2) is 28.0 Å². The van der Waals surface area contributed by atoms with Crippen LogP contribution in [0.25, 0.3) is 5.57 Å². The first-order chi connectivity index (χ1) is 15.9. The van der Waals surface area contributed by atoms with Gasteiger partial charge >= 0.3 is 0 Å². The number of anilines is 2. The van der Waals surface area contributed by atoms with Crippen LogP contribution in [0.3, 0.4) is 0 Å². The van der Waals surface area contributed by atoms with E-state index in [1.807, 2.05) is 6.07 Å². The second-order valence-corrected chi connectivity index (χ2v) is 9.48. The maximum atomic E-state index is 13.8. The van der Waals surface area contributed by atoms with Gasteiger partial charge in [0, 0.05) is 27.9 Å². The predicted molar refractivity (Wildman–Crippen MR) is 132 cm³/mol. The zero-order chi connectivity index (χ0) is 23.6. The summed E-state index contributed by atoms with van der Waals surface area (Å²) in [5.74, 6) is -0.233. The first kappa shape index (κ1) is 22.6. The minimum Gasteiger partial charge on any atom is -0.497 e. The molecule has 1 aliphatic heterocycles. The number of halogens is 1. The van der Waals surface area contributed by atoms with Crippen LogP contribution in [0, 0.1) is 0 Å². The van der Waals surface area contributed by atoms with Crippen molar-refractivity contribution in [1.29, 1.82) is 0 Å². The second kappa shape index (κ2) is 9.13. The topological polar surface area (TPSA) is 75.7 Å². The van der Waals surface area contributed by atoms with Crippen LogP contribution in [0.1, 0.15) is 11.1 Å². The molecule has 1 aliphatic rings. The standard InChI is InChI=1S/C25H21ClN2O4S/c1-3-14-28-22-13-12-18(26)15-21(22)23(17-8-5-4-6-9-17)24(33(28,30)31)25(29)27-19-10-7-11-20(16-19)32-2/h3-13,15-16H,1,14H2,2H3,(H,27,29). The van der Waals surface area contributed by atoms with Gasteiger partial charge in [-0.25, -0.2) is 8.42 Å².